The number of amides is 1. The summed E-state index contributed by atoms with van der Waals surface area (Å²) in [6.07, 6.45) is 0. The Morgan fingerprint density at radius 1 is 1.45 bits per heavy atom. The fourth-order valence-electron chi connectivity index (χ4n) is 1.84. The van der Waals surface area contributed by atoms with Crippen molar-refractivity contribution in [3.63, 3.8) is 0 Å². The van der Waals surface area contributed by atoms with Crippen LogP contribution >= 0.6 is 27.3 Å². The van der Waals surface area contributed by atoms with Crippen molar-refractivity contribution in [2.24, 2.45) is 0 Å². The van der Waals surface area contributed by atoms with Crippen molar-refractivity contribution in [2.45, 2.75) is 17.2 Å². The van der Waals surface area contributed by atoms with Crippen molar-refractivity contribution < 1.29 is 17.9 Å². The first kappa shape index (κ1) is 15.9. The van der Waals surface area contributed by atoms with Gasteiger partial charge in [0.2, 0.25) is 5.91 Å². The van der Waals surface area contributed by atoms with Gasteiger partial charge < -0.3 is 9.64 Å². The Hall–Kier alpha value is -0.480. The van der Waals surface area contributed by atoms with Crippen molar-refractivity contribution in [3.05, 3.63) is 15.9 Å². The molecule has 1 aromatic heterocycles. The molecule has 9 heteroatoms. The molecule has 2 heterocycles. The molecule has 1 atom stereocenters. The quantitative estimate of drug-likeness (QED) is 0.843. The predicted molar refractivity (Wildman–Crippen MR) is 79.2 cm³/mol. The van der Waals surface area contributed by atoms with Gasteiger partial charge in [0, 0.05) is 13.1 Å². The molecule has 0 radical (unpaired) electrons. The fourth-order valence-corrected chi connectivity index (χ4v) is 5.06. The van der Waals surface area contributed by atoms with Crippen molar-refractivity contribution in [3.8, 4) is 0 Å². The smallest absolute Gasteiger partial charge is 0.250 e. The summed E-state index contributed by atoms with van der Waals surface area (Å²) in [6, 6.07) is 2.37. The average molecular weight is 383 g/mol. The van der Waals surface area contributed by atoms with Crippen molar-refractivity contribution in [1.82, 2.24) is 9.62 Å². The second-order valence-corrected chi connectivity index (χ2v) is 8.74. The Morgan fingerprint density at radius 2 is 2.10 bits per heavy atom. The van der Waals surface area contributed by atoms with Crippen LogP contribution < -0.4 is 4.72 Å². The molecule has 1 fully saturated rings. The normalized spacial score (nSPS) is 18.0. The third-order valence-electron chi connectivity index (χ3n) is 2.84. The predicted octanol–water partition coefficient (Wildman–Crippen LogP) is 1.04. The van der Waals surface area contributed by atoms with Crippen LogP contribution in [-0.2, 0) is 19.6 Å². The summed E-state index contributed by atoms with van der Waals surface area (Å²) in [5.74, 6) is -0.229. The van der Waals surface area contributed by atoms with E-state index in [1.165, 1.54) is 6.07 Å². The van der Waals surface area contributed by atoms with E-state index in [4.69, 9.17) is 4.74 Å². The first-order chi connectivity index (χ1) is 9.40. The van der Waals surface area contributed by atoms with E-state index in [1.807, 2.05) is 0 Å². The van der Waals surface area contributed by atoms with Gasteiger partial charge in [-0.2, -0.15) is 4.72 Å². The zero-order chi connectivity index (χ0) is 14.8. The lowest BCUT2D eigenvalue weighted by Crippen LogP contribution is -2.50. The van der Waals surface area contributed by atoms with Crippen LogP contribution in [-0.4, -0.2) is 51.6 Å². The molecule has 1 aliphatic heterocycles. The standard InChI is InChI=1S/C11H15BrN2O4S2/c1-8(11(15)14-4-6-18-7-5-14)13-20(16,17)10-3-2-9(12)19-10/h2-3,8,13H,4-7H2,1H3/t8-/m1/s1. The number of nitrogens with zero attached hydrogens (tertiary/aromatic N) is 1. The van der Waals surface area contributed by atoms with Crippen LogP contribution in [0, 0.1) is 0 Å². The molecule has 0 bridgehead atoms. The molecule has 0 saturated carbocycles. The number of thiophene rings is 1. The highest BCUT2D eigenvalue weighted by molar-refractivity contribution is 9.11. The van der Waals surface area contributed by atoms with Gasteiger partial charge >= 0.3 is 0 Å². The van der Waals surface area contributed by atoms with E-state index >= 15 is 0 Å². The number of halogens is 1. The Kier molecular flexibility index (Phi) is 5.19. The van der Waals surface area contributed by atoms with Gasteiger partial charge in [-0.3, -0.25) is 4.79 Å². The molecule has 1 amide bonds. The minimum atomic E-state index is -3.66. The van der Waals surface area contributed by atoms with Gasteiger partial charge in [-0.25, -0.2) is 8.42 Å². The Balaban J connectivity index is 2.03. The summed E-state index contributed by atoms with van der Waals surface area (Å²) in [4.78, 5) is 13.8. The van der Waals surface area contributed by atoms with E-state index < -0.39 is 16.1 Å². The molecule has 2 rings (SSSR count). The Labute approximate surface area is 130 Å². The first-order valence-electron chi connectivity index (χ1n) is 6.04. The lowest BCUT2D eigenvalue weighted by Gasteiger charge is -2.29. The topological polar surface area (TPSA) is 75.7 Å². The number of sulfonamides is 1. The van der Waals surface area contributed by atoms with Crippen LogP contribution in [0.2, 0.25) is 0 Å². The van der Waals surface area contributed by atoms with Crippen LogP contribution in [0.1, 0.15) is 6.92 Å². The van der Waals surface area contributed by atoms with Crippen molar-refractivity contribution in [1.29, 1.82) is 0 Å². The molecule has 0 spiro atoms. The highest BCUT2D eigenvalue weighted by atomic mass is 79.9. The van der Waals surface area contributed by atoms with E-state index in [9.17, 15) is 13.2 Å². The van der Waals surface area contributed by atoms with E-state index in [0.717, 1.165) is 15.1 Å². The molecular formula is C11H15BrN2O4S2. The minimum Gasteiger partial charge on any atom is -0.378 e. The average Bonchev–Trinajstić information content (AvgIpc) is 2.86. The third kappa shape index (κ3) is 3.79. The van der Waals surface area contributed by atoms with E-state index in [1.54, 1.807) is 17.9 Å². The number of nitrogens with one attached hydrogen (secondary N) is 1. The molecule has 1 saturated heterocycles. The summed E-state index contributed by atoms with van der Waals surface area (Å²) in [7, 11) is -3.66. The fraction of sp³-hybridized carbons (Fsp3) is 0.545. The number of carbonyl (C=O) groups is 1. The van der Waals surface area contributed by atoms with E-state index in [0.29, 0.717) is 26.3 Å². The van der Waals surface area contributed by atoms with Crippen LogP contribution in [0.3, 0.4) is 0 Å². The summed E-state index contributed by atoms with van der Waals surface area (Å²) in [5, 5.41) is 0. The molecule has 0 aromatic carbocycles. The monoisotopic (exact) mass is 382 g/mol. The summed E-state index contributed by atoms with van der Waals surface area (Å²) < 4.78 is 32.7. The van der Waals surface area contributed by atoms with E-state index in [2.05, 4.69) is 20.7 Å². The highest BCUT2D eigenvalue weighted by Gasteiger charge is 2.27. The molecule has 1 aliphatic rings. The summed E-state index contributed by atoms with van der Waals surface area (Å²) in [5.41, 5.74) is 0. The number of rotatable bonds is 4. The SMILES string of the molecule is C[C@@H](NS(=O)(=O)c1ccc(Br)s1)C(=O)N1CCOCC1. The molecule has 20 heavy (non-hydrogen) atoms. The van der Waals surface area contributed by atoms with Gasteiger partial charge in [-0.05, 0) is 35.0 Å². The third-order valence-corrected chi connectivity index (χ3v) is 6.49. The molecular weight excluding hydrogens is 368 g/mol. The number of hydrogen-bond donors (Lipinski definition) is 1. The van der Waals surface area contributed by atoms with Crippen molar-refractivity contribution >= 4 is 43.2 Å². The van der Waals surface area contributed by atoms with Gasteiger partial charge in [0.05, 0.1) is 23.0 Å². The zero-order valence-corrected chi connectivity index (χ0v) is 14.1. The maximum absolute atomic E-state index is 12.1. The molecule has 0 aliphatic carbocycles. The lowest BCUT2D eigenvalue weighted by molar-refractivity contribution is -0.136. The maximum Gasteiger partial charge on any atom is 0.250 e. The van der Waals surface area contributed by atoms with E-state index in [-0.39, 0.29) is 10.1 Å². The maximum atomic E-state index is 12.1. The minimum absolute atomic E-state index is 0.186. The Bertz CT molecular complexity index is 581. The number of carbonyl (C=O) groups excluding carboxylic acids is 1. The van der Waals surface area contributed by atoms with Crippen LogP contribution in [0.5, 0.6) is 0 Å². The number of hydrogen-bond acceptors (Lipinski definition) is 5. The molecule has 1 N–H and O–H groups in total. The largest absolute Gasteiger partial charge is 0.378 e. The molecule has 0 unspecified atom stereocenters. The first-order valence-corrected chi connectivity index (χ1v) is 9.13. The van der Waals surface area contributed by atoms with Gasteiger partial charge in [0.1, 0.15) is 4.21 Å². The highest BCUT2D eigenvalue weighted by Crippen LogP contribution is 2.26. The van der Waals surface area contributed by atoms with Gasteiger partial charge in [-0.15, -0.1) is 11.3 Å². The second kappa shape index (κ2) is 6.52. The summed E-state index contributed by atoms with van der Waals surface area (Å²) >= 11 is 4.32. The molecule has 1 aromatic rings. The van der Waals surface area contributed by atoms with Gasteiger partial charge in [0.15, 0.2) is 0 Å². The lowest BCUT2D eigenvalue weighted by atomic mass is 10.3. The number of morpholine rings is 1. The van der Waals surface area contributed by atoms with Gasteiger partial charge in [0.25, 0.3) is 10.0 Å². The van der Waals surface area contributed by atoms with Crippen LogP contribution in [0.25, 0.3) is 0 Å². The molecule has 6 nitrogen and oxygen atoms in total. The van der Waals surface area contributed by atoms with Crippen LogP contribution in [0.4, 0.5) is 0 Å². The van der Waals surface area contributed by atoms with Crippen LogP contribution in [0.15, 0.2) is 20.1 Å². The second-order valence-electron chi connectivity index (χ2n) is 4.34. The zero-order valence-electron chi connectivity index (χ0n) is 10.8. The number of ether oxygens (including phenoxy) is 1. The molecule has 112 valence electrons. The Morgan fingerprint density at radius 3 is 2.65 bits per heavy atom. The summed E-state index contributed by atoms with van der Waals surface area (Å²) in [6.45, 7) is 3.52. The van der Waals surface area contributed by atoms with Crippen molar-refractivity contribution in [2.75, 3.05) is 26.3 Å². The van der Waals surface area contributed by atoms with Gasteiger partial charge in [-0.1, -0.05) is 0 Å².